The van der Waals surface area contributed by atoms with Gasteiger partial charge >= 0.3 is 0 Å². The molecule has 7 heteroatoms. The molecule has 1 N–H and O–H groups in total. The average Bonchev–Trinajstić information content (AvgIpc) is 3.22. The highest BCUT2D eigenvalue weighted by Gasteiger charge is 2.16. The SMILES string of the molecule is COc1ccc(NC(=O)c2ccccc2OCc2cn3cccc(C)c3n2)c(OC)c1. The molecule has 7 nitrogen and oxygen atoms in total. The molecular weight excluding hydrogens is 394 g/mol. The first kappa shape index (κ1) is 20.3. The van der Waals surface area contributed by atoms with Crippen LogP contribution in [-0.4, -0.2) is 29.5 Å². The molecule has 4 rings (SSSR count). The van der Waals surface area contributed by atoms with Crippen molar-refractivity contribution in [3.05, 3.63) is 83.8 Å². The van der Waals surface area contributed by atoms with Gasteiger partial charge in [0.25, 0.3) is 5.91 Å². The molecule has 4 aromatic rings. The molecule has 31 heavy (non-hydrogen) atoms. The van der Waals surface area contributed by atoms with Crippen LogP contribution < -0.4 is 19.5 Å². The summed E-state index contributed by atoms with van der Waals surface area (Å²) in [6.45, 7) is 2.26. The van der Waals surface area contributed by atoms with Crippen molar-refractivity contribution in [2.75, 3.05) is 19.5 Å². The molecule has 0 radical (unpaired) electrons. The van der Waals surface area contributed by atoms with Crippen molar-refractivity contribution < 1.29 is 19.0 Å². The minimum absolute atomic E-state index is 0.247. The standard InChI is InChI=1S/C24H23N3O4/c1-16-7-6-12-27-14-17(25-23(16)27)15-31-21-9-5-4-8-19(21)24(28)26-20-11-10-18(29-2)13-22(20)30-3/h4-14H,15H2,1-3H3,(H,26,28). The fraction of sp³-hybridized carbons (Fsp3) is 0.167. The second-order valence-corrected chi connectivity index (χ2v) is 6.96. The summed E-state index contributed by atoms with van der Waals surface area (Å²) in [5, 5.41) is 2.88. The van der Waals surface area contributed by atoms with Crippen LogP contribution in [-0.2, 0) is 6.61 Å². The Morgan fingerprint density at radius 3 is 2.65 bits per heavy atom. The number of aryl methyl sites for hydroxylation is 1. The Morgan fingerprint density at radius 2 is 1.87 bits per heavy atom. The fourth-order valence-electron chi connectivity index (χ4n) is 3.30. The number of methoxy groups -OCH3 is 2. The number of nitrogens with one attached hydrogen (secondary N) is 1. The number of amides is 1. The summed E-state index contributed by atoms with van der Waals surface area (Å²) in [5.74, 6) is 1.32. The highest BCUT2D eigenvalue weighted by Crippen LogP contribution is 2.30. The molecule has 0 aliphatic rings. The largest absolute Gasteiger partial charge is 0.497 e. The zero-order chi connectivity index (χ0) is 21.8. The maximum atomic E-state index is 13.0. The number of anilines is 1. The third kappa shape index (κ3) is 4.30. The van der Waals surface area contributed by atoms with Crippen molar-refractivity contribution in [1.29, 1.82) is 0 Å². The summed E-state index contributed by atoms with van der Waals surface area (Å²) in [7, 11) is 3.11. The molecule has 2 heterocycles. The second kappa shape index (κ2) is 8.79. The molecule has 2 aromatic heterocycles. The zero-order valence-corrected chi connectivity index (χ0v) is 17.6. The molecule has 0 aliphatic heterocycles. The summed E-state index contributed by atoms with van der Waals surface area (Å²) in [5.41, 5.74) is 3.71. The molecule has 0 spiro atoms. The predicted molar refractivity (Wildman–Crippen MR) is 118 cm³/mol. The molecule has 0 saturated heterocycles. The van der Waals surface area contributed by atoms with Crippen molar-refractivity contribution >= 4 is 17.2 Å². The van der Waals surface area contributed by atoms with Gasteiger partial charge in [-0.15, -0.1) is 0 Å². The minimum atomic E-state index is -0.301. The van der Waals surface area contributed by atoms with Gasteiger partial charge in [-0.3, -0.25) is 4.79 Å². The van der Waals surface area contributed by atoms with Gasteiger partial charge in [0.1, 0.15) is 29.5 Å². The smallest absolute Gasteiger partial charge is 0.259 e. The minimum Gasteiger partial charge on any atom is -0.497 e. The number of carbonyl (C=O) groups is 1. The van der Waals surface area contributed by atoms with E-state index in [1.54, 1.807) is 43.5 Å². The number of hydrogen-bond acceptors (Lipinski definition) is 5. The number of imidazole rings is 1. The van der Waals surface area contributed by atoms with E-state index in [9.17, 15) is 4.79 Å². The van der Waals surface area contributed by atoms with E-state index >= 15 is 0 Å². The van der Waals surface area contributed by atoms with Crippen molar-refractivity contribution in [1.82, 2.24) is 9.38 Å². The number of hydrogen-bond donors (Lipinski definition) is 1. The van der Waals surface area contributed by atoms with Crippen LogP contribution in [0.15, 0.2) is 67.0 Å². The third-order valence-corrected chi connectivity index (χ3v) is 4.89. The first-order chi connectivity index (χ1) is 15.1. The Hall–Kier alpha value is -4.00. The van der Waals surface area contributed by atoms with E-state index in [4.69, 9.17) is 14.2 Å². The van der Waals surface area contributed by atoms with Crippen molar-refractivity contribution in [3.8, 4) is 17.2 Å². The van der Waals surface area contributed by atoms with E-state index in [-0.39, 0.29) is 12.5 Å². The average molecular weight is 417 g/mol. The molecule has 1 amide bonds. The van der Waals surface area contributed by atoms with Crippen LogP contribution in [0.2, 0.25) is 0 Å². The van der Waals surface area contributed by atoms with Crippen molar-refractivity contribution in [2.45, 2.75) is 13.5 Å². The van der Waals surface area contributed by atoms with Gasteiger partial charge in [-0.25, -0.2) is 4.98 Å². The van der Waals surface area contributed by atoms with E-state index in [1.807, 2.05) is 41.9 Å². The van der Waals surface area contributed by atoms with Crippen molar-refractivity contribution in [2.24, 2.45) is 0 Å². The highest BCUT2D eigenvalue weighted by molar-refractivity contribution is 6.06. The number of para-hydroxylation sites is 1. The number of ether oxygens (including phenoxy) is 3. The maximum Gasteiger partial charge on any atom is 0.259 e. The normalized spacial score (nSPS) is 10.7. The number of nitrogens with zero attached hydrogens (tertiary/aromatic N) is 2. The molecule has 0 fully saturated rings. The first-order valence-electron chi connectivity index (χ1n) is 9.77. The molecule has 0 saturated carbocycles. The first-order valence-corrected chi connectivity index (χ1v) is 9.77. The van der Waals surface area contributed by atoms with Gasteiger partial charge in [0.2, 0.25) is 0 Å². The summed E-state index contributed by atoms with van der Waals surface area (Å²) >= 11 is 0. The molecule has 2 aromatic carbocycles. The molecule has 0 aliphatic carbocycles. The lowest BCUT2D eigenvalue weighted by Crippen LogP contribution is -2.14. The Morgan fingerprint density at radius 1 is 1.03 bits per heavy atom. The van der Waals surface area contributed by atoms with Gasteiger partial charge in [-0.05, 0) is 42.8 Å². The monoisotopic (exact) mass is 417 g/mol. The highest BCUT2D eigenvalue weighted by atomic mass is 16.5. The second-order valence-electron chi connectivity index (χ2n) is 6.96. The Bertz CT molecular complexity index is 1230. The van der Waals surface area contributed by atoms with Crippen LogP contribution in [0.4, 0.5) is 5.69 Å². The van der Waals surface area contributed by atoms with E-state index < -0.39 is 0 Å². The van der Waals surface area contributed by atoms with Crippen LogP contribution in [0, 0.1) is 6.92 Å². The van der Waals surface area contributed by atoms with Crippen LogP contribution in [0.1, 0.15) is 21.6 Å². The van der Waals surface area contributed by atoms with Gasteiger partial charge in [0.15, 0.2) is 0 Å². The topological polar surface area (TPSA) is 74.1 Å². The number of fused-ring (bicyclic) bond motifs is 1. The number of pyridine rings is 1. The lowest BCUT2D eigenvalue weighted by molar-refractivity contribution is 0.102. The van der Waals surface area contributed by atoms with Crippen molar-refractivity contribution in [3.63, 3.8) is 0 Å². The number of benzene rings is 2. The maximum absolute atomic E-state index is 13.0. The van der Waals surface area contributed by atoms with Gasteiger partial charge in [-0.2, -0.15) is 0 Å². The van der Waals surface area contributed by atoms with Gasteiger partial charge in [0.05, 0.1) is 31.2 Å². The fourth-order valence-corrected chi connectivity index (χ4v) is 3.30. The van der Waals surface area contributed by atoms with E-state index in [1.165, 1.54) is 7.11 Å². The van der Waals surface area contributed by atoms with Crippen LogP contribution in [0.5, 0.6) is 17.2 Å². The van der Waals surface area contributed by atoms with Gasteiger partial charge in [0, 0.05) is 18.5 Å². The van der Waals surface area contributed by atoms with E-state index in [2.05, 4.69) is 10.3 Å². The number of aromatic nitrogens is 2. The summed E-state index contributed by atoms with van der Waals surface area (Å²) in [4.78, 5) is 17.6. The van der Waals surface area contributed by atoms with Gasteiger partial charge < -0.3 is 23.9 Å². The lowest BCUT2D eigenvalue weighted by atomic mass is 10.1. The quantitative estimate of drug-likeness (QED) is 0.480. The lowest BCUT2D eigenvalue weighted by Gasteiger charge is -2.13. The summed E-state index contributed by atoms with van der Waals surface area (Å²) in [6, 6.07) is 16.3. The molecule has 0 atom stereocenters. The number of carbonyl (C=O) groups excluding carboxylic acids is 1. The van der Waals surface area contributed by atoms with E-state index in [0.717, 1.165) is 16.9 Å². The summed E-state index contributed by atoms with van der Waals surface area (Å²) < 4.78 is 18.5. The Balaban J connectivity index is 1.52. The van der Waals surface area contributed by atoms with Crippen LogP contribution in [0.25, 0.3) is 5.65 Å². The zero-order valence-electron chi connectivity index (χ0n) is 17.6. The molecule has 0 bridgehead atoms. The predicted octanol–water partition coefficient (Wildman–Crippen LogP) is 4.49. The van der Waals surface area contributed by atoms with E-state index in [0.29, 0.717) is 28.5 Å². The number of rotatable bonds is 7. The molecular formula is C24H23N3O4. The summed E-state index contributed by atoms with van der Waals surface area (Å²) in [6.07, 6.45) is 3.87. The van der Waals surface area contributed by atoms with Gasteiger partial charge in [-0.1, -0.05) is 18.2 Å². The Labute approximate surface area is 180 Å². The third-order valence-electron chi connectivity index (χ3n) is 4.89. The molecule has 0 unspecified atom stereocenters. The molecule has 158 valence electrons. The van der Waals surface area contributed by atoms with Crippen LogP contribution >= 0.6 is 0 Å². The Kier molecular flexibility index (Phi) is 5.75. The van der Waals surface area contributed by atoms with Crippen LogP contribution in [0.3, 0.4) is 0 Å².